The highest BCUT2D eigenvalue weighted by Gasteiger charge is 2.20. The molecule has 0 aliphatic rings. The molecule has 11 heteroatoms. The average Bonchev–Trinajstić information content (AvgIpc) is 3.32. The Morgan fingerprint density at radius 2 is 1.81 bits per heavy atom. The fourth-order valence-corrected chi connectivity index (χ4v) is 3.60. The number of halogens is 1. The smallest absolute Gasteiger partial charge is 0.259 e. The molecule has 0 aliphatic carbocycles. The van der Waals surface area contributed by atoms with Gasteiger partial charge in [-0.25, -0.2) is 14.8 Å². The maximum absolute atomic E-state index is 13.0. The highest BCUT2D eigenvalue weighted by molar-refractivity contribution is 6.30. The summed E-state index contributed by atoms with van der Waals surface area (Å²) < 4.78 is 1.27. The lowest BCUT2D eigenvalue weighted by molar-refractivity contribution is 0.102. The summed E-state index contributed by atoms with van der Waals surface area (Å²) in [4.78, 5) is 24.7. The molecule has 0 spiro atoms. The molecule has 0 saturated heterocycles. The molecule has 2 heterocycles. The van der Waals surface area contributed by atoms with E-state index in [1.807, 2.05) is 0 Å². The second-order valence-electron chi connectivity index (χ2n) is 7.43. The van der Waals surface area contributed by atoms with E-state index in [0.29, 0.717) is 21.5 Å². The van der Waals surface area contributed by atoms with Gasteiger partial charge >= 0.3 is 0 Å². The number of carbonyl (C=O) groups is 1. The summed E-state index contributed by atoms with van der Waals surface area (Å²) in [6, 6.07) is 16.9. The van der Waals surface area contributed by atoms with Crippen LogP contribution >= 0.6 is 11.6 Å². The molecular weight excluding hydrogens is 480 g/mol. The summed E-state index contributed by atoms with van der Waals surface area (Å²) in [5.74, 6) is -0.626. The number of aromatic nitrogens is 4. The molecule has 174 valence electrons. The highest BCUT2D eigenvalue weighted by atomic mass is 35.5. The van der Waals surface area contributed by atoms with Crippen molar-refractivity contribution in [2.75, 3.05) is 5.32 Å². The number of anilines is 1. The van der Waals surface area contributed by atoms with E-state index in [1.54, 1.807) is 60.7 Å². The van der Waals surface area contributed by atoms with Gasteiger partial charge in [-0.05, 0) is 41.8 Å². The number of fused-ring (bicyclic) bond motifs is 1. The van der Waals surface area contributed by atoms with Crippen molar-refractivity contribution < 1.29 is 9.90 Å². The predicted molar refractivity (Wildman–Crippen MR) is 135 cm³/mol. The van der Waals surface area contributed by atoms with Crippen molar-refractivity contribution in [3.63, 3.8) is 0 Å². The van der Waals surface area contributed by atoms with E-state index < -0.39 is 5.91 Å². The molecule has 0 aliphatic heterocycles. The zero-order chi connectivity index (χ0) is 25.1. The number of aromatic hydroxyl groups is 1. The van der Waals surface area contributed by atoms with Crippen molar-refractivity contribution in [1.82, 2.24) is 19.7 Å². The third-order valence-corrected chi connectivity index (χ3v) is 5.43. The van der Waals surface area contributed by atoms with Gasteiger partial charge in [-0.15, -0.1) is 10.2 Å². The van der Waals surface area contributed by atoms with E-state index in [4.69, 9.17) is 18.2 Å². The maximum Gasteiger partial charge on any atom is 0.259 e. The van der Waals surface area contributed by atoms with Crippen LogP contribution in [0, 0.1) is 6.57 Å². The second kappa shape index (κ2) is 9.61. The molecule has 0 radical (unpaired) electrons. The first-order valence-electron chi connectivity index (χ1n) is 10.5. The lowest BCUT2D eigenvalue weighted by Gasteiger charge is -2.11. The zero-order valence-electron chi connectivity index (χ0n) is 18.4. The molecule has 0 atom stereocenters. The Balaban J connectivity index is 1.60. The van der Waals surface area contributed by atoms with Gasteiger partial charge in [-0.2, -0.15) is 9.78 Å². The van der Waals surface area contributed by atoms with Gasteiger partial charge in [0.05, 0.1) is 18.3 Å². The van der Waals surface area contributed by atoms with Crippen molar-refractivity contribution in [3.05, 3.63) is 101 Å². The summed E-state index contributed by atoms with van der Waals surface area (Å²) in [7, 11) is 0. The molecular formula is C25H15ClN8O2. The van der Waals surface area contributed by atoms with Gasteiger partial charge in [-0.3, -0.25) is 4.79 Å². The third kappa shape index (κ3) is 4.34. The first-order chi connectivity index (χ1) is 17.5. The van der Waals surface area contributed by atoms with Crippen LogP contribution in [-0.4, -0.2) is 30.8 Å². The molecule has 2 aromatic heterocycles. The number of hydrogen-bond acceptors (Lipinski definition) is 7. The van der Waals surface area contributed by atoms with E-state index in [2.05, 4.69) is 35.5 Å². The van der Waals surface area contributed by atoms with Crippen LogP contribution in [0.15, 0.2) is 89.5 Å². The van der Waals surface area contributed by atoms with Gasteiger partial charge in [0.2, 0.25) is 0 Å². The SMILES string of the molecule is [C-]#[N+]c1cnn(-c2ncccn2)c1/N=N/c1c(O)c(C(=O)Nc2ccc(Cl)cc2)cc2ccccc12. The molecule has 0 bridgehead atoms. The molecule has 36 heavy (non-hydrogen) atoms. The Morgan fingerprint density at radius 3 is 2.56 bits per heavy atom. The summed E-state index contributed by atoms with van der Waals surface area (Å²) >= 11 is 5.92. The van der Waals surface area contributed by atoms with Crippen LogP contribution in [-0.2, 0) is 0 Å². The highest BCUT2D eigenvalue weighted by Crippen LogP contribution is 2.40. The van der Waals surface area contributed by atoms with E-state index in [0.717, 1.165) is 0 Å². The van der Waals surface area contributed by atoms with Gasteiger partial charge < -0.3 is 10.4 Å². The quantitative estimate of drug-likeness (QED) is 0.216. The van der Waals surface area contributed by atoms with E-state index in [1.165, 1.54) is 23.3 Å². The van der Waals surface area contributed by atoms with Crippen LogP contribution in [0.3, 0.4) is 0 Å². The average molecular weight is 495 g/mol. The third-order valence-electron chi connectivity index (χ3n) is 5.17. The van der Waals surface area contributed by atoms with E-state index in [9.17, 15) is 9.90 Å². The van der Waals surface area contributed by atoms with Crippen LogP contribution in [0.4, 0.5) is 22.9 Å². The predicted octanol–water partition coefficient (Wildman–Crippen LogP) is 6.39. The summed E-state index contributed by atoms with van der Waals surface area (Å²) in [6.45, 7) is 7.45. The molecule has 0 saturated carbocycles. The number of carbonyl (C=O) groups excluding carboxylic acids is 1. The van der Waals surface area contributed by atoms with Crippen molar-refractivity contribution in [3.8, 4) is 11.7 Å². The zero-order valence-corrected chi connectivity index (χ0v) is 19.1. The number of phenols is 1. The Hall–Kier alpha value is -5.14. The Morgan fingerprint density at radius 1 is 1.06 bits per heavy atom. The van der Waals surface area contributed by atoms with Crippen LogP contribution in [0.25, 0.3) is 21.6 Å². The Labute approximate surface area is 209 Å². The standard InChI is InChI=1S/C25H15ClN8O2/c1-27-20-14-30-34(25-28-11-4-12-29-25)23(20)33-32-21-18-6-3-2-5-15(18)13-19(22(21)35)24(36)31-17-9-7-16(26)8-10-17/h2-14,35H,(H,31,36)/b33-32+. The molecule has 3 aromatic carbocycles. The number of nitrogens with zero attached hydrogens (tertiary/aromatic N) is 7. The fraction of sp³-hybridized carbons (Fsp3) is 0. The number of benzene rings is 3. The van der Waals surface area contributed by atoms with Gasteiger partial charge in [0.25, 0.3) is 17.5 Å². The largest absolute Gasteiger partial charge is 0.505 e. The van der Waals surface area contributed by atoms with Crippen molar-refractivity contribution in [2.45, 2.75) is 0 Å². The first-order valence-corrected chi connectivity index (χ1v) is 10.9. The number of amides is 1. The molecule has 5 aromatic rings. The molecule has 0 fully saturated rings. The Kier molecular flexibility index (Phi) is 6.05. The van der Waals surface area contributed by atoms with Crippen LogP contribution in [0.2, 0.25) is 5.02 Å². The Bertz CT molecular complexity index is 1660. The van der Waals surface area contributed by atoms with Crippen molar-refractivity contribution in [2.24, 2.45) is 10.2 Å². The van der Waals surface area contributed by atoms with Crippen molar-refractivity contribution in [1.29, 1.82) is 0 Å². The number of nitrogens with one attached hydrogen (secondary N) is 1. The molecule has 10 nitrogen and oxygen atoms in total. The van der Waals surface area contributed by atoms with Gasteiger partial charge in [-0.1, -0.05) is 35.9 Å². The van der Waals surface area contributed by atoms with Crippen LogP contribution < -0.4 is 5.32 Å². The molecule has 5 rings (SSSR count). The lowest BCUT2D eigenvalue weighted by Crippen LogP contribution is -2.12. The molecule has 2 N–H and O–H groups in total. The number of rotatable bonds is 5. The second-order valence-corrected chi connectivity index (χ2v) is 7.87. The minimum absolute atomic E-state index is 0.00269. The summed E-state index contributed by atoms with van der Waals surface area (Å²) in [5, 5.41) is 28.2. The van der Waals surface area contributed by atoms with Crippen LogP contribution in [0.5, 0.6) is 5.75 Å². The normalized spacial score (nSPS) is 11.0. The number of phenolic OH excluding ortho intramolecular Hbond substituents is 1. The van der Waals surface area contributed by atoms with Crippen LogP contribution in [0.1, 0.15) is 10.4 Å². The van der Waals surface area contributed by atoms with E-state index in [-0.39, 0.29) is 34.5 Å². The topological polar surface area (TPSA) is 122 Å². The fourth-order valence-electron chi connectivity index (χ4n) is 3.47. The summed E-state index contributed by atoms with van der Waals surface area (Å²) in [5.41, 5.74) is 0.690. The number of azo groups is 1. The summed E-state index contributed by atoms with van der Waals surface area (Å²) in [6.07, 6.45) is 4.39. The number of hydrogen-bond donors (Lipinski definition) is 2. The minimum Gasteiger partial charge on any atom is -0.505 e. The lowest BCUT2D eigenvalue weighted by atomic mass is 10.0. The monoisotopic (exact) mass is 494 g/mol. The molecule has 1 amide bonds. The van der Waals surface area contributed by atoms with E-state index >= 15 is 0 Å². The molecule has 0 unspecified atom stereocenters. The minimum atomic E-state index is -0.540. The van der Waals surface area contributed by atoms with Crippen molar-refractivity contribution >= 4 is 51.2 Å². The van der Waals surface area contributed by atoms with Gasteiger partial charge in [0.15, 0.2) is 11.6 Å². The maximum atomic E-state index is 13.0. The first kappa shape index (κ1) is 22.6. The van der Waals surface area contributed by atoms with Gasteiger partial charge in [0.1, 0.15) is 5.69 Å². The van der Waals surface area contributed by atoms with Gasteiger partial charge in [0, 0.05) is 28.5 Å².